The molecule has 5 heterocycles. The van der Waals surface area contributed by atoms with E-state index in [9.17, 15) is 9.18 Å². The maximum Gasteiger partial charge on any atom is 0.222 e. The lowest BCUT2D eigenvalue weighted by molar-refractivity contribution is -0.114. The third-order valence-corrected chi connectivity index (χ3v) is 6.15. The standard InChI is InChI=1S/C24H25FN6O2/c1-13-6-22(31-23(28-13)24-8-17(9-24)33-12-24)30-20-7-21(29-15(3)32)27-11-18(20)19-5-4-16(10-26-19)14(2)25/h4-7,10-11,14,17H,8-9,12H2,1-3H3,(H2,27,28,29,30,31,32). The van der Waals surface area contributed by atoms with Gasteiger partial charge in [-0.25, -0.2) is 19.3 Å². The molecule has 3 fully saturated rings. The van der Waals surface area contributed by atoms with Gasteiger partial charge in [-0.15, -0.1) is 0 Å². The number of hydrogen-bond acceptors (Lipinski definition) is 7. The molecule has 2 aliphatic heterocycles. The number of ether oxygens (including phenoxy) is 1. The maximum atomic E-state index is 13.6. The Balaban J connectivity index is 1.52. The molecule has 8 nitrogen and oxygen atoms in total. The Morgan fingerprint density at radius 1 is 1.18 bits per heavy atom. The summed E-state index contributed by atoms with van der Waals surface area (Å²) in [5, 5.41) is 6.07. The highest BCUT2D eigenvalue weighted by Crippen LogP contribution is 2.50. The Morgan fingerprint density at radius 3 is 2.64 bits per heavy atom. The van der Waals surface area contributed by atoms with Crippen LogP contribution in [0.3, 0.4) is 0 Å². The van der Waals surface area contributed by atoms with Crippen LogP contribution in [0.5, 0.6) is 0 Å². The summed E-state index contributed by atoms with van der Waals surface area (Å²) in [6.07, 6.45) is 4.27. The average Bonchev–Trinajstić information content (AvgIpc) is 3.36. The van der Waals surface area contributed by atoms with Gasteiger partial charge in [0.15, 0.2) is 0 Å². The zero-order chi connectivity index (χ0) is 23.2. The van der Waals surface area contributed by atoms with Crippen molar-refractivity contribution in [1.82, 2.24) is 19.9 Å². The van der Waals surface area contributed by atoms with Crippen molar-refractivity contribution in [1.29, 1.82) is 0 Å². The molecule has 1 amide bonds. The van der Waals surface area contributed by atoms with Crippen LogP contribution >= 0.6 is 0 Å². The Labute approximate surface area is 191 Å². The number of nitrogens with zero attached hydrogens (tertiary/aromatic N) is 4. The normalized spacial score (nSPS) is 21.9. The number of anilines is 3. The molecule has 0 aromatic carbocycles. The third kappa shape index (κ3) is 4.16. The van der Waals surface area contributed by atoms with Crippen LogP contribution in [0.15, 0.2) is 36.7 Å². The highest BCUT2D eigenvalue weighted by molar-refractivity contribution is 5.89. The van der Waals surface area contributed by atoms with Crippen molar-refractivity contribution in [3.05, 3.63) is 53.7 Å². The largest absolute Gasteiger partial charge is 0.377 e. The molecule has 2 N–H and O–H groups in total. The summed E-state index contributed by atoms with van der Waals surface area (Å²) in [6, 6.07) is 7.07. The van der Waals surface area contributed by atoms with E-state index in [-0.39, 0.29) is 11.3 Å². The smallest absolute Gasteiger partial charge is 0.222 e. The van der Waals surface area contributed by atoms with Crippen molar-refractivity contribution in [2.75, 3.05) is 17.2 Å². The fourth-order valence-corrected chi connectivity index (χ4v) is 4.39. The molecular weight excluding hydrogens is 423 g/mol. The van der Waals surface area contributed by atoms with E-state index in [4.69, 9.17) is 9.72 Å². The number of carbonyl (C=O) groups is 1. The van der Waals surface area contributed by atoms with Gasteiger partial charge < -0.3 is 15.4 Å². The Hall–Kier alpha value is -3.46. The number of alkyl halides is 1. The number of aryl methyl sites for hydroxylation is 1. The first-order chi connectivity index (χ1) is 15.8. The molecule has 1 atom stereocenters. The fourth-order valence-electron chi connectivity index (χ4n) is 4.39. The van der Waals surface area contributed by atoms with E-state index in [0.717, 1.165) is 24.4 Å². The van der Waals surface area contributed by atoms with Crippen molar-refractivity contribution in [2.24, 2.45) is 0 Å². The zero-order valence-corrected chi connectivity index (χ0v) is 18.7. The minimum Gasteiger partial charge on any atom is -0.377 e. The summed E-state index contributed by atoms with van der Waals surface area (Å²) < 4.78 is 19.4. The lowest BCUT2D eigenvalue weighted by atomic mass is 9.69. The van der Waals surface area contributed by atoms with Gasteiger partial charge in [0.2, 0.25) is 5.91 Å². The molecule has 3 aliphatic rings. The summed E-state index contributed by atoms with van der Waals surface area (Å²) >= 11 is 0. The van der Waals surface area contributed by atoms with Gasteiger partial charge in [0.25, 0.3) is 0 Å². The first-order valence-electron chi connectivity index (χ1n) is 10.9. The summed E-state index contributed by atoms with van der Waals surface area (Å²) in [4.78, 5) is 29.8. The Morgan fingerprint density at radius 2 is 2.00 bits per heavy atom. The van der Waals surface area contributed by atoms with E-state index in [1.165, 1.54) is 20.0 Å². The summed E-state index contributed by atoms with van der Waals surface area (Å²) in [5.74, 6) is 1.60. The zero-order valence-electron chi connectivity index (χ0n) is 18.7. The lowest BCUT2D eigenvalue weighted by Crippen LogP contribution is -2.39. The van der Waals surface area contributed by atoms with Crippen molar-refractivity contribution < 1.29 is 13.9 Å². The van der Waals surface area contributed by atoms with Crippen LogP contribution in [0.1, 0.15) is 49.9 Å². The summed E-state index contributed by atoms with van der Waals surface area (Å²) in [6.45, 7) is 5.49. The van der Waals surface area contributed by atoms with Gasteiger partial charge in [-0.3, -0.25) is 9.78 Å². The van der Waals surface area contributed by atoms with Crippen molar-refractivity contribution in [2.45, 2.75) is 51.3 Å². The van der Waals surface area contributed by atoms with Crippen molar-refractivity contribution in [3.8, 4) is 11.3 Å². The molecule has 170 valence electrons. The second-order valence-electron chi connectivity index (χ2n) is 8.85. The van der Waals surface area contributed by atoms with Crippen LogP contribution in [0.25, 0.3) is 11.3 Å². The van der Waals surface area contributed by atoms with Crippen LogP contribution in [-0.4, -0.2) is 38.6 Å². The molecule has 1 aliphatic carbocycles. The Kier molecular flexibility index (Phi) is 5.28. The molecule has 0 radical (unpaired) electrons. The first-order valence-corrected chi connectivity index (χ1v) is 10.9. The SMILES string of the molecule is CC(=O)Nc1cc(Nc2cc(C)nc(C34COC(C3)C4)n2)c(-c2ccc(C(C)F)cn2)cn1. The molecule has 1 saturated carbocycles. The quantitative estimate of drug-likeness (QED) is 0.576. The van der Waals surface area contributed by atoms with E-state index < -0.39 is 6.17 Å². The Bertz CT molecular complexity index is 1200. The van der Waals surface area contributed by atoms with Gasteiger partial charge in [0.1, 0.15) is 23.6 Å². The average molecular weight is 449 g/mol. The van der Waals surface area contributed by atoms with Gasteiger partial charge >= 0.3 is 0 Å². The number of aromatic nitrogens is 4. The van der Waals surface area contributed by atoms with E-state index in [0.29, 0.717) is 46.9 Å². The number of fused-ring (bicyclic) bond motifs is 1. The van der Waals surface area contributed by atoms with E-state index in [1.54, 1.807) is 24.4 Å². The van der Waals surface area contributed by atoms with Crippen LogP contribution in [-0.2, 0) is 14.9 Å². The van der Waals surface area contributed by atoms with Gasteiger partial charge in [-0.2, -0.15) is 0 Å². The highest BCUT2D eigenvalue weighted by Gasteiger charge is 2.55. The molecule has 2 saturated heterocycles. The maximum absolute atomic E-state index is 13.6. The topological polar surface area (TPSA) is 102 Å². The van der Waals surface area contributed by atoms with Crippen LogP contribution < -0.4 is 10.6 Å². The van der Waals surface area contributed by atoms with Crippen LogP contribution in [0, 0.1) is 6.92 Å². The molecule has 9 heteroatoms. The second kappa shape index (κ2) is 8.15. The third-order valence-electron chi connectivity index (χ3n) is 6.15. The van der Waals surface area contributed by atoms with Gasteiger partial charge in [0, 0.05) is 48.3 Å². The predicted octanol–water partition coefficient (Wildman–Crippen LogP) is 4.40. The van der Waals surface area contributed by atoms with Gasteiger partial charge in [0.05, 0.1) is 29.5 Å². The molecule has 6 rings (SSSR count). The van der Waals surface area contributed by atoms with Gasteiger partial charge in [-0.05, 0) is 32.8 Å². The number of carbonyl (C=O) groups excluding carboxylic acids is 1. The predicted molar refractivity (Wildman–Crippen MR) is 122 cm³/mol. The molecular formula is C24H25FN6O2. The summed E-state index contributed by atoms with van der Waals surface area (Å²) in [7, 11) is 0. The van der Waals surface area contributed by atoms with Crippen LogP contribution in [0.2, 0.25) is 0 Å². The molecule has 2 bridgehead atoms. The first kappa shape index (κ1) is 21.4. The van der Waals surface area contributed by atoms with Crippen LogP contribution in [0.4, 0.5) is 21.7 Å². The van der Waals surface area contributed by atoms with E-state index >= 15 is 0 Å². The van der Waals surface area contributed by atoms with E-state index in [2.05, 4.69) is 25.6 Å². The molecule has 33 heavy (non-hydrogen) atoms. The molecule has 0 spiro atoms. The number of nitrogens with one attached hydrogen (secondary N) is 2. The molecule has 1 unspecified atom stereocenters. The van der Waals surface area contributed by atoms with Gasteiger partial charge in [-0.1, -0.05) is 6.07 Å². The number of amides is 1. The lowest BCUT2D eigenvalue weighted by Gasteiger charge is -2.33. The molecule has 3 aromatic rings. The van der Waals surface area contributed by atoms with Crippen molar-refractivity contribution >= 4 is 23.2 Å². The minimum absolute atomic E-state index is 0.101. The number of halogens is 1. The van der Waals surface area contributed by atoms with Crippen molar-refractivity contribution in [3.63, 3.8) is 0 Å². The minimum atomic E-state index is -1.10. The number of rotatable bonds is 6. The fraction of sp³-hybridized carbons (Fsp3) is 0.375. The number of hydrogen-bond donors (Lipinski definition) is 2. The van der Waals surface area contributed by atoms with E-state index in [1.807, 2.05) is 13.0 Å². The highest BCUT2D eigenvalue weighted by atomic mass is 19.1. The summed E-state index contributed by atoms with van der Waals surface area (Å²) in [5.41, 5.74) is 3.24. The number of pyridine rings is 2. The second-order valence-corrected chi connectivity index (χ2v) is 8.85. The monoisotopic (exact) mass is 448 g/mol. The molecule has 3 aromatic heterocycles.